The molecule has 0 aliphatic heterocycles. The first-order valence-electron chi connectivity index (χ1n) is 9.29. The molecule has 144 valence electrons. The highest BCUT2D eigenvalue weighted by atomic mass is 32.1. The van der Waals surface area contributed by atoms with Crippen LogP contribution in [0.1, 0.15) is 50.8 Å². The molecule has 2 aromatic rings. The molecule has 0 fully saturated rings. The van der Waals surface area contributed by atoms with Crippen molar-refractivity contribution in [1.29, 1.82) is 0 Å². The fourth-order valence-corrected chi connectivity index (χ4v) is 4.90. The van der Waals surface area contributed by atoms with Crippen molar-refractivity contribution >= 4 is 28.2 Å². The zero-order valence-electron chi connectivity index (χ0n) is 16.4. The highest BCUT2D eigenvalue weighted by Gasteiger charge is 2.27. The topological polar surface area (TPSA) is 75.4 Å². The Hall–Kier alpha value is -2.18. The molecular formula is C21H27N3O2S. The second-order valence-electron chi connectivity index (χ2n) is 7.44. The number of nitrogens with zero attached hydrogens (tertiary/aromatic N) is 1. The summed E-state index contributed by atoms with van der Waals surface area (Å²) in [6, 6.07) is 6.03. The summed E-state index contributed by atoms with van der Waals surface area (Å²) in [6.07, 6.45) is 2.87. The molecule has 1 aliphatic carbocycles. The molecule has 1 aliphatic rings. The number of nitrogens with one attached hydrogen (secondary N) is 1. The number of anilines is 1. The van der Waals surface area contributed by atoms with Crippen LogP contribution >= 0.6 is 11.3 Å². The molecule has 0 bridgehead atoms. The zero-order chi connectivity index (χ0) is 19.7. The fourth-order valence-electron chi connectivity index (χ4n) is 3.60. The maximum atomic E-state index is 12.8. The number of fused-ring (bicyclic) bond motifs is 1. The largest absolute Gasteiger partial charge is 0.365 e. The van der Waals surface area contributed by atoms with E-state index in [2.05, 4.69) is 37.4 Å². The highest BCUT2D eigenvalue weighted by Crippen LogP contribution is 2.38. The maximum absolute atomic E-state index is 12.8. The molecular weight excluding hydrogens is 358 g/mol. The van der Waals surface area contributed by atoms with E-state index in [9.17, 15) is 9.59 Å². The summed E-state index contributed by atoms with van der Waals surface area (Å²) in [7, 11) is 1.94. The minimum Gasteiger partial charge on any atom is -0.365 e. The van der Waals surface area contributed by atoms with E-state index in [0.29, 0.717) is 17.1 Å². The molecule has 3 rings (SSSR count). The number of likely N-dealkylation sites (N-methyl/N-ethyl adjacent to an activating group) is 1. The van der Waals surface area contributed by atoms with E-state index in [1.165, 1.54) is 32.9 Å². The van der Waals surface area contributed by atoms with Crippen LogP contribution in [0.3, 0.4) is 0 Å². The average molecular weight is 386 g/mol. The number of amides is 2. The molecule has 1 aromatic carbocycles. The van der Waals surface area contributed by atoms with Gasteiger partial charge in [-0.15, -0.1) is 11.3 Å². The minimum absolute atomic E-state index is 0.121. The lowest BCUT2D eigenvalue weighted by molar-refractivity contribution is -0.120. The van der Waals surface area contributed by atoms with Crippen LogP contribution in [-0.2, 0) is 24.2 Å². The summed E-state index contributed by atoms with van der Waals surface area (Å²) >= 11 is 1.49. The molecule has 1 heterocycles. The van der Waals surface area contributed by atoms with Gasteiger partial charge >= 0.3 is 0 Å². The van der Waals surface area contributed by atoms with Crippen molar-refractivity contribution in [3.8, 4) is 0 Å². The normalized spacial score (nSPS) is 14.3. The van der Waals surface area contributed by atoms with Gasteiger partial charge in [0.1, 0.15) is 5.00 Å². The Kier molecular flexibility index (Phi) is 5.67. The smallest absolute Gasteiger partial charge is 0.251 e. The van der Waals surface area contributed by atoms with Crippen molar-refractivity contribution in [2.75, 3.05) is 12.4 Å². The van der Waals surface area contributed by atoms with Crippen LogP contribution in [0.4, 0.5) is 5.00 Å². The van der Waals surface area contributed by atoms with Gasteiger partial charge in [0.25, 0.3) is 5.91 Å². The highest BCUT2D eigenvalue weighted by molar-refractivity contribution is 7.17. The molecule has 2 amide bonds. The quantitative estimate of drug-likeness (QED) is 0.800. The minimum atomic E-state index is -0.457. The van der Waals surface area contributed by atoms with Gasteiger partial charge in [-0.05, 0) is 63.8 Å². The van der Waals surface area contributed by atoms with Gasteiger partial charge in [-0.25, -0.2) is 0 Å². The molecule has 5 nitrogen and oxygen atoms in total. The summed E-state index contributed by atoms with van der Waals surface area (Å²) in [5, 5.41) is 3.55. The Morgan fingerprint density at radius 3 is 2.70 bits per heavy atom. The Morgan fingerprint density at radius 2 is 2.04 bits per heavy atom. The second-order valence-corrected chi connectivity index (χ2v) is 8.54. The van der Waals surface area contributed by atoms with Gasteiger partial charge < -0.3 is 11.1 Å². The van der Waals surface area contributed by atoms with Gasteiger partial charge in [-0.1, -0.05) is 23.8 Å². The van der Waals surface area contributed by atoms with Gasteiger partial charge in [0.15, 0.2) is 0 Å². The van der Waals surface area contributed by atoms with E-state index in [0.717, 1.165) is 24.8 Å². The zero-order valence-corrected chi connectivity index (χ0v) is 17.2. The van der Waals surface area contributed by atoms with Crippen LogP contribution in [0.5, 0.6) is 0 Å². The van der Waals surface area contributed by atoms with E-state index in [-0.39, 0.29) is 11.9 Å². The number of primary amides is 1. The molecule has 0 saturated heterocycles. The number of rotatable bonds is 6. The fraction of sp³-hybridized carbons (Fsp3) is 0.429. The predicted molar refractivity (Wildman–Crippen MR) is 110 cm³/mol. The number of carbonyl (C=O) groups is 2. The van der Waals surface area contributed by atoms with Crippen molar-refractivity contribution in [3.63, 3.8) is 0 Å². The molecule has 0 spiro atoms. The van der Waals surface area contributed by atoms with Crippen molar-refractivity contribution in [1.82, 2.24) is 4.90 Å². The number of aryl methyl sites for hydroxylation is 3. The summed E-state index contributed by atoms with van der Waals surface area (Å²) in [6.45, 7) is 6.73. The average Bonchev–Trinajstić information content (AvgIpc) is 3.16. The van der Waals surface area contributed by atoms with E-state index >= 15 is 0 Å². The second kappa shape index (κ2) is 7.82. The van der Waals surface area contributed by atoms with Crippen molar-refractivity contribution in [2.45, 2.75) is 52.6 Å². The lowest BCUT2D eigenvalue weighted by Gasteiger charge is -2.24. The van der Waals surface area contributed by atoms with Gasteiger partial charge in [0.2, 0.25) is 5.91 Å². The molecule has 0 saturated carbocycles. The number of carbonyl (C=O) groups excluding carboxylic acids is 2. The van der Waals surface area contributed by atoms with Crippen LogP contribution < -0.4 is 11.1 Å². The van der Waals surface area contributed by atoms with Crippen LogP contribution in [0.25, 0.3) is 0 Å². The summed E-state index contributed by atoms with van der Waals surface area (Å²) in [4.78, 5) is 27.9. The van der Waals surface area contributed by atoms with Gasteiger partial charge in [-0.2, -0.15) is 0 Å². The lowest BCUT2D eigenvalue weighted by Crippen LogP contribution is -2.39. The van der Waals surface area contributed by atoms with Crippen LogP contribution in [0.2, 0.25) is 0 Å². The first-order valence-corrected chi connectivity index (χ1v) is 10.1. The van der Waals surface area contributed by atoms with E-state index < -0.39 is 5.91 Å². The maximum Gasteiger partial charge on any atom is 0.251 e. The molecule has 0 radical (unpaired) electrons. The number of nitrogens with two attached hydrogens (primary N) is 1. The molecule has 1 atom stereocenters. The van der Waals surface area contributed by atoms with Gasteiger partial charge in [-0.3, -0.25) is 14.5 Å². The predicted octanol–water partition coefficient (Wildman–Crippen LogP) is 3.41. The molecule has 1 aromatic heterocycles. The third-order valence-electron chi connectivity index (χ3n) is 5.36. The van der Waals surface area contributed by atoms with Crippen LogP contribution in [0, 0.1) is 13.8 Å². The van der Waals surface area contributed by atoms with E-state index in [1.807, 2.05) is 18.9 Å². The molecule has 6 heteroatoms. The van der Waals surface area contributed by atoms with E-state index in [1.54, 1.807) is 0 Å². The third-order valence-corrected chi connectivity index (χ3v) is 6.57. The number of hydrogen-bond donors (Lipinski definition) is 2. The summed E-state index contributed by atoms with van der Waals surface area (Å²) in [5.41, 5.74) is 10.8. The van der Waals surface area contributed by atoms with Crippen molar-refractivity contribution in [2.24, 2.45) is 5.73 Å². The molecule has 3 N–H and O–H groups in total. The van der Waals surface area contributed by atoms with Gasteiger partial charge in [0.05, 0.1) is 11.6 Å². The number of thiophene rings is 1. The van der Waals surface area contributed by atoms with Crippen LogP contribution in [-0.4, -0.2) is 29.8 Å². The Labute approximate surface area is 164 Å². The Bertz CT molecular complexity index is 888. The number of benzene rings is 1. The lowest BCUT2D eigenvalue weighted by atomic mass is 10.0. The SMILES string of the molecule is Cc1ccc(CN(C)C(C)C(=O)Nc2sc3c(c2C(N)=O)CCC3)c(C)c1. The third kappa shape index (κ3) is 4.06. The van der Waals surface area contributed by atoms with E-state index in [4.69, 9.17) is 5.73 Å². The first kappa shape index (κ1) is 19.6. The Balaban J connectivity index is 1.71. The van der Waals surface area contributed by atoms with Crippen molar-refractivity contribution < 1.29 is 9.59 Å². The van der Waals surface area contributed by atoms with Gasteiger partial charge in [0, 0.05) is 11.4 Å². The molecule has 27 heavy (non-hydrogen) atoms. The summed E-state index contributed by atoms with van der Waals surface area (Å²) in [5.74, 6) is -0.578. The monoisotopic (exact) mass is 385 g/mol. The van der Waals surface area contributed by atoms with Crippen molar-refractivity contribution in [3.05, 3.63) is 50.9 Å². The molecule has 1 unspecified atom stereocenters. The first-order chi connectivity index (χ1) is 12.8. The summed E-state index contributed by atoms with van der Waals surface area (Å²) < 4.78 is 0. The Morgan fingerprint density at radius 1 is 1.30 bits per heavy atom. The standard InChI is InChI=1S/C21H27N3O2S/c1-12-8-9-15(13(2)10-12)11-24(4)14(3)20(26)23-21-18(19(22)25)16-6-5-7-17(16)27-21/h8-10,14H,5-7,11H2,1-4H3,(H2,22,25)(H,23,26). The van der Waals surface area contributed by atoms with Crippen LogP contribution in [0.15, 0.2) is 18.2 Å². The number of hydrogen-bond acceptors (Lipinski definition) is 4.